The third kappa shape index (κ3) is 3.22. The highest BCUT2D eigenvalue weighted by molar-refractivity contribution is 5.81. The number of nitrogens with one attached hydrogen (secondary N) is 1. The number of halogens is 1. The molecule has 4 atom stereocenters. The summed E-state index contributed by atoms with van der Waals surface area (Å²) in [6.45, 7) is 1.15. The molecule has 2 bridgehead atoms. The summed E-state index contributed by atoms with van der Waals surface area (Å²) in [5.74, 6) is 0.221. The van der Waals surface area contributed by atoms with E-state index in [1.165, 1.54) is 12.1 Å². The maximum Gasteiger partial charge on any atom is 0.407 e. The summed E-state index contributed by atoms with van der Waals surface area (Å²) in [5.41, 5.74) is 0.817. The quantitative estimate of drug-likeness (QED) is 0.916. The second-order valence-electron chi connectivity index (χ2n) is 7.35. The van der Waals surface area contributed by atoms with Crippen molar-refractivity contribution < 1.29 is 18.7 Å². The molecule has 134 valence electrons. The summed E-state index contributed by atoms with van der Waals surface area (Å²) < 4.78 is 18.6. The Morgan fingerprint density at radius 2 is 2.04 bits per heavy atom. The highest BCUT2D eigenvalue weighted by Gasteiger charge is 2.52. The van der Waals surface area contributed by atoms with Crippen LogP contribution in [0.4, 0.5) is 9.18 Å². The summed E-state index contributed by atoms with van der Waals surface area (Å²) in [5, 5.41) is 2.73. The van der Waals surface area contributed by atoms with E-state index in [-0.39, 0.29) is 35.7 Å². The number of carbonyl (C=O) groups excluding carboxylic acids is 2. The Hall–Kier alpha value is -2.11. The Bertz CT molecular complexity index is 663. The molecule has 3 unspecified atom stereocenters. The number of nitrogens with zero attached hydrogens (tertiary/aromatic N) is 1. The second-order valence-corrected chi connectivity index (χ2v) is 7.35. The molecule has 1 aromatic carbocycles. The van der Waals surface area contributed by atoms with Crippen molar-refractivity contribution >= 4 is 12.0 Å². The Labute approximate surface area is 146 Å². The van der Waals surface area contributed by atoms with Gasteiger partial charge in [0.1, 0.15) is 11.9 Å². The molecule has 3 aliphatic rings. The number of benzene rings is 1. The van der Waals surface area contributed by atoms with Crippen LogP contribution in [0.3, 0.4) is 0 Å². The maximum atomic E-state index is 12.9. The first-order chi connectivity index (χ1) is 12.1. The summed E-state index contributed by atoms with van der Waals surface area (Å²) >= 11 is 0. The zero-order valence-corrected chi connectivity index (χ0v) is 14.1. The fraction of sp³-hybridized carbons (Fsp3) is 0.579. The van der Waals surface area contributed by atoms with Crippen molar-refractivity contribution in [3.8, 4) is 0 Å². The minimum Gasteiger partial charge on any atom is -0.446 e. The van der Waals surface area contributed by atoms with Gasteiger partial charge in [0.15, 0.2) is 0 Å². The van der Waals surface area contributed by atoms with Crippen LogP contribution in [0.15, 0.2) is 24.3 Å². The lowest BCUT2D eigenvalue weighted by atomic mass is 9.84. The molecule has 2 saturated heterocycles. The second kappa shape index (κ2) is 6.65. The van der Waals surface area contributed by atoms with Crippen molar-refractivity contribution in [1.29, 1.82) is 0 Å². The van der Waals surface area contributed by atoms with Gasteiger partial charge in [0.25, 0.3) is 0 Å². The van der Waals surface area contributed by atoms with Crippen LogP contribution in [0.1, 0.15) is 37.7 Å². The molecule has 6 heteroatoms. The van der Waals surface area contributed by atoms with Gasteiger partial charge in [-0.05, 0) is 49.8 Å². The van der Waals surface area contributed by atoms with E-state index in [4.69, 9.17) is 4.74 Å². The third-order valence-electron chi connectivity index (χ3n) is 5.84. The van der Waals surface area contributed by atoms with E-state index in [9.17, 15) is 14.0 Å². The number of carbonyl (C=O) groups is 2. The molecule has 0 aromatic heterocycles. The van der Waals surface area contributed by atoms with Crippen molar-refractivity contribution in [2.45, 2.75) is 50.8 Å². The van der Waals surface area contributed by atoms with Crippen LogP contribution in [-0.2, 0) is 16.1 Å². The van der Waals surface area contributed by atoms with Gasteiger partial charge in [0.05, 0.1) is 0 Å². The summed E-state index contributed by atoms with van der Waals surface area (Å²) in [6, 6.07) is 6.24. The van der Waals surface area contributed by atoms with Gasteiger partial charge in [-0.1, -0.05) is 12.1 Å². The van der Waals surface area contributed by atoms with Gasteiger partial charge < -0.3 is 15.0 Å². The van der Waals surface area contributed by atoms with Gasteiger partial charge in [-0.25, -0.2) is 9.18 Å². The molecule has 25 heavy (non-hydrogen) atoms. The lowest BCUT2D eigenvalue weighted by molar-refractivity contribution is -0.143. The molecule has 0 radical (unpaired) electrons. The van der Waals surface area contributed by atoms with Crippen LogP contribution in [0, 0.1) is 17.7 Å². The highest BCUT2D eigenvalue weighted by atomic mass is 19.1. The molecule has 3 fully saturated rings. The minimum atomic E-state index is -0.461. The standard InChI is InChI=1S/C19H23FN2O3/c20-14-6-4-12(5-7-14)11-21-19(24)25-17-10-13-9-15(17)16-3-1-2-8-22(16)18(13)23/h4-7,13,15-17H,1-3,8-11H2,(H,21,24)/t13?,15?,16-,17?/m1/s1. The molecule has 0 spiro atoms. The van der Waals surface area contributed by atoms with Crippen molar-refractivity contribution in [1.82, 2.24) is 10.2 Å². The first-order valence-electron chi connectivity index (χ1n) is 9.11. The van der Waals surface area contributed by atoms with E-state index < -0.39 is 6.09 Å². The van der Waals surface area contributed by atoms with Gasteiger partial charge in [0.2, 0.25) is 5.91 Å². The SMILES string of the molecule is O=C(NCc1ccc(F)cc1)OC1CC2CC1[C@H]1CCCCN1C2=O. The van der Waals surface area contributed by atoms with Gasteiger partial charge in [0, 0.05) is 31.0 Å². The monoisotopic (exact) mass is 346 g/mol. The fourth-order valence-corrected chi connectivity index (χ4v) is 4.64. The molecule has 4 rings (SSSR count). The Morgan fingerprint density at radius 3 is 2.84 bits per heavy atom. The lowest BCUT2D eigenvalue weighted by Crippen LogP contribution is -2.53. The molecule has 1 saturated carbocycles. The van der Waals surface area contributed by atoms with Gasteiger partial charge in [-0.15, -0.1) is 0 Å². The molecular formula is C19H23FN2O3. The number of piperidine rings is 2. The minimum absolute atomic E-state index is 0.00856. The predicted molar refractivity (Wildman–Crippen MR) is 89.1 cm³/mol. The third-order valence-corrected chi connectivity index (χ3v) is 5.84. The molecule has 1 aliphatic carbocycles. The number of alkyl carbamates (subject to hydrolysis) is 1. The Balaban J connectivity index is 1.35. The van der Waals surface area contributed by atoms with Crippen LogP contribution < -0.4 is 5.32 Å². The zero-order chi connectivity index (χ0) is 17.4. The summed E-state index contributed by atoms with van der Waals surface area (Å²) in [4.78, 5) is 26.7. The molecular weight excluding hydrogens is 323 g/mol. The van der Waals surface area contributed by atoms with Crippen LogP contribution in [0.2, 0.25) is 0 Å². The van der Waals surface area contributed by atoms with E-state index in [1.54, 1.807) is 12.1 Å². The number of ether oxygens (including phenoxy) is 1. The molecule has 5 nitrogen and oxygen atoms in total. The van der Waals surface area contributed by atoms with Crippen molar-refractivity contribution in [3.63, 3.8) is 0 Å². The van der Waals surface area contributed by atoms with Gasteiger partial charge in [-0.3, -0.25) is 4.79 Å². The van der Waals surface area contributed by atoms with Gasteiger partial charge >= 0.3 is 6.09 Å². The number of hydrogen-bond donors (Lipinski definition) is 1. The van der Waals surface area contributed by atoms with E-state index >= 15 is 0 Å². The summed E-state index contributed by atoms with van der Waals surface area (Å²) in [7, 11) is 0. The van der Waals surface area contributed by atoms with E-state index in [0.29, 0.717) is 13.0 Å². The van der Waals surface area contributed by atoms with Crippen LogP contribution >= 0.6 is 0 Å². The molecule has 2 heterocycles. The molecule has 2 aliphatic heterocycles. The van der Waals surface area contributed by atoms with E-state index in [1.807, 2.05) is 4.90 Å². The largest absolute Gasteiger partial charge is 0.446 e. The zero-order valence-electron chi connectivity index (χ0n) is 14.1. The normalized spacial score (nSPS) is 30.8. The number of rotatable bonds is 3. The average molecular weight is 346 g/mol. The Kier molecular flexibility index (Phi) is 4.36. The van der Waals surface area contributed by atoms with E-state index in [2.05, 4.69) is 5.32 Å². The van der Waals surface area contributed by atoms with Crippen molar-refractivity contribution in [2.75, 3.05) is 6.54 Å². The first-order valence-corrected chi connectivity index (χ1v) is 9.11. The Morgan fingerprint density at radius 1 is 1.24 bits per heavy atom. The molecule has 1 aromatic rings. The first kappa shape index (κ1) is 16.4. The highest BCUT2D eigenvalue weighted by Crippen LogP contribution is 2.45. The number of amides is 2. The maximum absolute atomic E-state index is 12.9. The van der Waals surface area contributed by atoms with Crippen molar-refractivity contribution in [3.05, 3.63) is 35.6 Å². The fourth-order valence-electron chi connectivity index (χ4n) is 4.64. The lowest BCUT2D eigenvalue weighted by Gasteiger charge is -2.43. The van der Waals surface area contributed by atoms with Crippen LogP contribution in [0.25, 0.3) is 0 Å². The molecule has 2 amide bonds. The number of hydrogen-bond acceptors (Lipinski definition) is 3. The summed E-state index contributed by atoms with van der Waals surface area (Å²) in [6.07, 6.45) is 4.06. The van der Waals surface area contributed by atoms with Crippen molar-refractivity contribution in [2.24, 2.45) is 11.8 Å². The predicted octanol–water partition coefficient (Wildman–Crippen LogP) is 2.84. The van der Waals surface area contributed by atoms with E-state index in [0.717, 1.165) is 37.8 Å². The van der Waals surface area contributed by atoms with Crippen LogP contribution in [0.5, 0.6) is 0 Å². The molecule has 1 N–H and O–H groups in total. The average Bonchev–Trinajstić information content (AvgIpc) is 3.00. The van der Waals surface area contributed by atoms with Gasteiger partial charge in [-0.2, -0.15) is 0 Å². The van der Waals surface area contributed by atoms with Crippen LogP contribution in [-0.4, -0.2) is 35.6 Å². The topological polar surface area (TPSA) is 58.6 Å². The number of fused-ring (bicyclic) bond motifs is 4. The smallest absolute Gasteiger partial charge is 0.407 e.